The summed E-state index contributed by atoms with van der Waals surface area (Å²) in [6, 6.07) is 31.5. The van der Waals surface area contributed by atoms with Crippen LogP contribution in [0.5, 0.6) is 0 Å². The Labute approximate surface area is 221 Å². The Bertz CT molecular complexity index is 1990. The van der Waals surface area contributed by atoms with Crippen LogP contribution in [0.15, 0.2) is 85.1 Å². The van der Waals surface area contributed by atoms with E-state index in [4.69, 9.17) is 6.57 Å². The van der Waals surface area contributed by atoms with Gasteiger partial charge in [0.05, 0.1) is 18.3 Å². The largest absolute Gasteiger partial charge is 0.341 e. The molecule has 36 heavy (non-hydrogen) atoms. The molecular formula is C31H21IrN4-. The van der Waals surface area contributed by atoms with Crippen molar-refractivity contribution < 1.29 is 20.1 Å². The fourth-order valence-corrected chi connectivity index (χ4v) is 5.58. The molecule has 3 heterocycles. The Balaban J connectivity index is 0.00000240. The molecule has 7 rings (SSSR count). The van der Waals surface area contributed by atoms with E-state index in [1.165, 1.54) is 32.9 Å². The van der Waals surface area contributed by atoms with Gasteiger partial charge in [0, 0.05) is 48.5 Å². The van der Waals surface area contributed by atoms with Crippen LogP contribution in [0.4, 0.5) is 5.69 Å². The number of rotatable bonds is 3. The summed E-state index contributed by atoms with van der Waals surface area (Å²) in [5.74, 6) is 0. The van der Waals surface area contributed by atoms with E-state index in [9.17, 15) is 0 Å². The van der Waals surface area contributed by atoms with Crippen LogP contribution < -0.4 is 0 Å². The van der Waals surface area contributed by atoms with Gasteiger partial charge in [-0.3, -0.25) is 4.52 Å². The fourth-order valence-electron chi connectivity index (χ4n) is 5.58. The molecule has 0 saturated heterocycles. The maximum absolute atomic E-state index is 7.62. The average Bonchev–Trinajstić information content (AvgIpc) is 3.48. The maximum Gasteiger partial charge on any atom is 0.232 e. The first-order chi connectivity index (χ1) is 17.3. The summed E-state index contributed by atoms with van der Waals surface area (Å²) in [6.07, 6.45) is 2.49. The molecule has 4 aromatic carbocycles. The summed E-state index contributed by atoms with van der Waals surface area (Å²) < 4.78 is 4.24. The van der Waals surface area contributed by atoms with Gasteiger partial charge in [0.1, 0.15) is 0 Å². The Hall–Kier alpha value is -3.97. The van der Waals surface area contributed by atoms with Gasteiger partial charge in [-0.05, 0) is 53.6 Å². The van der Waals surface area contributed by atoms with Crippen molar-refractivity contribution in [2.45, 2.75) is 19.9 Å². The molecule has 0 atom stereocenters. The number of aryl methyl sites for hydroxylation is 1. The molecule has 0 spiro atoms. The number of para-hydroxylation sites is 2. The zero-order valence-corrected chi connectivity index (χ0v) is 22.0. The van der Waals surface area contributed by atoms with Crippen LogP contribution in [0.3, 0.4) is 0 Å². The molecule has 0 aliphatic heterocycles. The average molecular weight is 642 g/mol. The van der Waals surface area contributed by atoms with Gasteiger partial charge < -0.3 is 4.57 Å². The van der Waals surface area contributed by atoms with Gasteiger partial charge >= 0.3 is 0 Å². The summed E-state index contributed by atoms with van der Waals surface area (Å²) in [5, 5.41) is 10.4. The van der Waals surface area contributed by atoms with Crippen molar-refractivity contribution in [2.75, 3.05) is 0 Å². The molecule has 0 N–H and O–H groups in total. The maximum atomic E-state index is 7.62. The second-order valence-corrected chi connectivity index (χ2v) is 9.00. The summed E-state index contributed by atoms with van der Waals surface area (Å²) in [5.41, 5.74) is 7.43. The van der Waals surface area contributed by atoms with Gasteiger partial charge in [-0.15, -0.1) is 5.39 Å². The Kier molecular flexibility index (Phi) is 5.37. The van der Waals surface area contributed by atoms with Crippen LogP contribution in [0.25, 0.3) is 53.8 Å². The normalized spacial score (nSPS) is 11.4. The molecule has 5 heteroatoms. The molecule has 4 nitrogen and oxygen atoms in total. The van der Waals surface area contributed by atoms with Crippen LogP contribution in [0, 0.1) is 12.6 Å². The number of hydrogen-bond acceptors (Lipinski definition) is 1. The molecule has 0 aliphatic carbocycles. The molecule has 3 aromatic heterocycles. The molecule has 0 unspecified atom stereocenters. The summed E-state index contributed by atoms with van der Waals surface area (Å²) in [7, 11) is 0. The van der Waals surface area contributed by atoms with Gasteiger partial charge in [-0.1, -0.05) is 47.9 Å². The third-order valence-corrected chi connectivity index (χ3v) is 7.11. The van der Waals surface area contributed by atoms with Gasteiger partial charge in [0.25, 0.3) is 0 Å². The van der Waals surface area contributed by atoms with Gasteiger partial charge in [-0.25, -0.2) is 4.85 Å². The van der Waals surface area contributed by atoms with Gasteiger partial charge in [-0.2, -0.15) is 29.4 Å². The third kappa shape index (κ3) is 3.19. The molecule has 0 amide bonds. The second kappa shape index (κ2) is 8.60. The van der Waals surface area contributed by atoms with Crippen LogP contribution in [-0.2, 0) is 33.1 Å². The topological polar surface area (TPSA) is 26.6 Å². The summed E-state index contributed by atoms with van der Waals surface area (Å²) >= 11 is 0. The van der Waals surface area contributed by atoms with Crippen LogP contribution in [-0.4, -0.2) is 14.2 Å². The third-order valence-electron chi connectivity index (χ3n) is 7.11. The van der Waals surface area contributed by atoms with Crippen molar-refractivity contribution in [1.82, 2.24) is 14.2 Å². The van der Waals surface area contributed by atoms with Crippen LogP contribution in [0.2, 0.25) is 0 Å². The zero-order chi connectivity index (χ0) is 23.5. The summed E-state index contributed by atoms with van der Waals surface area (Å²) in [6.45, 7) is 10.8. The Morgan fingerprint density at radius 1 is 0.833 bits per heavy atom. The predicted molar refractivity (Wildman–Crippen MR) is 143 cm³/mol. The van der Waals surface area contributed by atoms with Crippen molar-refractivity contribution in [3.05, 3.63) is 114 Å². The van der Waals surface area contributed by atoms with Crippen molar-refractivity contribution >= 4 is 54.7 Å². The first kappa shape index (κ1) is 22.5. The smallest absolute Gasteiger partial charge is 0.232 e. The van der Waals surface area contributed by atoms with Crippen molar-refractivity contribution in [2.24, 2.45) is 0 Å². The zero-order valence-electron chi connectivity index (χ0n) is 19.6. The number of pyridine rings is 1. The molecule has 175 valence electrons. The molecule has 0 aliphatic rings. The number of fused-ring (bicyclic) bond motifs is 9. The summed E-state index contributed by atoms with van der Waals surface area (Å²) in [4.78, 5) is 3.72. The van der Waals surface area contributed by atoms with Gasteiger partial charge in [0.15, 0.2) is 0 Å². The minimum absolute atomic E-state index is 0. The second-order valence-electron chi connectivity index (χ2n) is 9.00. The van der Waals surface area contributed by atoms with E-state index in [-0.39, 0.29) is 20.1 Å². The molecule has 1 radical (unpaired) electrons. The first-order valence-electron chi connectivity index (χ1n) is 11.9. The minimum Gasteiger partial charge on any atom is -0.341 e. The number of aromatic nitrogens is 3. The Morgan fingerprint density at radius 2 is 1.58 bits per heavy atom. The van der Waals surface area contributed by atoms with Crippen LogP contribution >= 0.6 is 0 Å². The van der Waals surface area contributed by atoms with Crippen molar-refractivity contribution in [1.29, 1.82) is 0 Å². The fraction of sp³-hybridized carbons (Fsp3) is 0.0968. The molecule has 0 saturated carbocycles. The monoisotopic (exact) mass is 642 g/mol. The number of hydrogen-bond donors (Lipinski definition) is 0. The SMILES string of the molecule is [C-]#[N+]c1cnn2c3[c-]cccc3c3cc(Cc4ccc5c(c4)c4ccccc4n5CC)ccc3c12.[Ir]. The van der Waals surface area contributed by atoms with E-state index in [1.54, 1.807) is 6.20 Å². The van der Waals surface area contributed by atoms with E-state index in [1.807, 2.05) is 16.6 Å². The van der Waals surface area contributed by atoms with Gasteiger partial charge in [0.2, 0.25) is 5.69 Å². The molecular weight excluding hydrogens is 621 g/mol. The van der Waals surface area contributed by atoms with Crippen molar-refractivity contribution in [3.63, 3.8) is 0 Å². The molecule has 7 aromatic rings. The molecule has 0 bridgehead atoms. The van der Waals surface area contributed by atoms with E-state index >= 15 is 0 Å². The first-order valence-corrected chi connectivity index (χ1v) is 11.9. The quantitative estimate of drug-likeness (QED) is 0.144. The van der Waals surface area contributed by atoms with E-state index < -0.39 is 0 Å². The predicted octanol–water partition coefficient (Wildman–Crippen LogP) is 7.71. The minimum atomic E-state index is 0. The number of benzene rings is 4. The van der Waals surface area contributed by atoms with Crippen molar-refractivity contribution in [3.8, 4) is 0 Å². The molecule has 0 fully saturated rings. The Morgan fingerprint density at radius 3 is 2.42 bits per heavy atom. The van der Waals surface area contributed by atoms with E-state index in [2.05, 4.69) is 94.2 Å². The standard InChI is InChI=1S/C31H21N4.Ir/c1-3-34-28-10-6-4-9-23(28)26-18-21(13-15-29(26)34)16-20-12-14-24-25(17-20)22-8-5-7-11-30(22)35-31(24)27(32-2)19-33-35;/h4-10,12-15,17-19H,3,16H2,1H3;/q-1;. The number of nitrogens with zero attached hydrogens (tertiary/aromatic N) is 4. The van der Waals surface area contributed by atoms with E-state index in [0.717, 1.165) is 40.2 Å². The van der Waals surface area contributed by atoms with Crippen LogP contribution in [0.1, 0.15) is 18.1 Å². The van der Waals surface area contributed by atoms with E-state index in [0.29, 0.717) is 5.69 Å².